The molecule has 1 aliphatic carbocycles. The monoisotopic (exact) mass is 265 g/mol. The smallest absolute Gasteiger partial charge is 0.225 e. The Labute approximate surface area is 116 Å². The van der Waals surface area contributed by atoms with E-state index in [0.717, 1.165) is 52.1 Å². The zero-order valence-corrected chi connectivity index (χ0v) is 12.3. The Balaban J connectivity index is 1.55. The van der Waals surface area contributed by atoms with Gasteiger partial charge in [-0.25, -0.2) is 0 Å². The molecule has 0 spiro atoms. The molecule has 2 heterocycles. The standard InChI is InChI=1S/C15H27N3O/c1-15(2)5-6-16-11-13(15)17-7-9-18(10-8-17)14(19)12-3-4-12/h12-13,16H,3-11H2,1-2H3. The molecule has 4 heteroatoms. The summed E-state index contributed by atoms with van der Waals surface area (Å²) in [6.07, 6.45) is 3.50. The van der Waals surface area contributed by atoms with E-state index in [-0.39, 0.29) is 0 Å². The van der Waals surface area contributed by atoms with Crippen LogP contribution in [0.1, 0.15) is 33.1 Å². The minimum Gasteiger partial charge on any atom is -0.340 e. The summed E-state index contributed by atoms with van der Waals surface area (Å²) < 4.78 is 0. The zero-order valence-electron chi connectivity index (χ0n) is 12.3. The van der Waals surface area contributed by atoms with Gasteiger partial charge in [0, 0.05) is 44.7 Å². The molecule has 1 saturated carbocycles. The van der Waals surface area contributed by atoms with Crippen molar-refractivity contribution in [2.75, 3.05) is 39.3 Å². The van der Waals surface area contributed by atoms with Crippen LogP contribution >= 0.6 is 0 Å². The van der Waals surface area contributed by atoms with Gasteiger partial charge in [0.05, 0.1) is 0 Å². The highest BCUT2D eigenvalue weighted by Gasteiger charge is 2.39. The van der Waals surface area contributed by atoms with Crippen LogP contribution in [0, 0.1) is 11.3 Å². The van der Waals surface area contributed by atoms with Crippen LogP contribution in [0.15, 0.2) is 0 Å². The highest BCUT2D eigenvalue weighted by Crippen LogP contribution is 2.33. The molecule has 3 rings (SSSR count). The minimum atomic E-state index is 0.374. The second-order valence-corrected chi connectivity index (χ2v) is 7.09. The van der Waals surface area contributed by atoms with E-state index in [9.17, 15) is 4.79 Å². The summed E-state index contributed by atoms with van der Waals surface area (Å²) in [5, 5.41) is 3.53. The SMILES string of the molecule is CC1(C)CCNCC1N1CCN(C(=O)C2CC2)CC1. The average Bonchev–Trinajstić information content (AvgIpc) is 3.22. The predicted octanol–water partition coefficient (Wildman–Crippen LogP) is 0.929. The van der Waals surface area contributed by atoms with Crippen LogP contribution in [0.5, 0.6) is 0 Å². The van der Waals surface area contributed by atoms with Gasteiger partial charge in [0.15, 0.2) is 0 Å². The maximum absolute atomic E-state index is 12.1. The molecule has 0 aromatic rings. The fourth-order valence-electron chi connectivity index (χ4n) is 3.56. The van der Waals surface area contributed by atoms with Gasteiger partial charge in [-0.05, 0) is 31.2 Å². The number of piperazine rings is 1. The molecule has 0 radical (unpaired) electrons. The molecule has 1 N–H and O–H groups in total. The largest absolute Gasteiger partial charge is 0.340 e. The van der Waals surface area contributed by atoms with E-state index in [0.29, 0.717) is 23.3 Å². The number of nitrogens with one attached hydrogen (secondary N) is 1. The van der Waals surface area contributed by atoms with Crippen molar-refractivity contribution in [1.82, 2.24) is 15.1 Å². The number of piperidine rings is 1. The van der Waals surface area contributed by atoms with Gasteiger partial charge in [0.25, 0.3) is 0 Å². The van der Waals surface area contributed by atoms with Gasteiger partial charge < -0.3 is 10.2 Å². The van der Waals surface area contributed by atoms with Crippen LogP contribution in [-0.4, -0.2) is 61.0 Å². The van der Waals surface area contributed by atoms with Crippen LogP contribution in [0.2, 0.25) is 0 Å². The number of rotatable bonds is 2. The van der Waals surface area contributed by atoms with Crippen molar-refractivity contribution in [3.05, 3.63) is 0 Å². The lowest BCUT2D eigenvalue weighted by Gasteiger charge is -2.48. The molecule has 1 amide bonds. The van der Waals surface area contributed by atoms with E-state index in [1.165, 1.54) is 6.42 Å². The summed E-state index contributed by atoms with van der Waals surface area (Å²) in [7, 11) is 0. The third-order valence-electron chi connectivity index (χ3n) is 5.18. The van der Waals surface area contributed by atoms with E-state index < -0.39 is 0 Å². The fourth-order valence-corrected chi connectivity index (χ4v) is 3.56. The first-order chi connectivity index (χ1) is 9.08. The first kappa shape index (κ1) is 13.4. The van der Waals surface area contributed by atoms with E-state index in [1.54, 1.807) is 0 Å². The van der Waals surface area contributed by atoms with Crippen LogP contribution in [-0.2, 0) is 4.79 Å². The lowest BCUT2D eigenvalue weighted by atomic mass is 9.77. The number of carbonyl (C=O) groups excluding carboxylic acids is 1. The Morgan fingerprint density at radius 2 is 1.84 bits per heavy atom. The molecule has 1 unspecified atom stereocenters. The second-order valence-electron chi connectivity index (χ2n) is 7.09. The van der Waals surface area contributed by atoms with Gasteiger partial charge in [0.1, 0.15) is 0 Å². The van der Waals surface area contributed by atoms with Gasteiger partial charge in [-0.15, -0.1) is 0 Å². The van der Waals surface area contributed by atoms with E-state index >= 15 is 0 Å². The van der Waals surface area contributed by atoms with Crippen molar-refractivity contribution in [2.45, 2.75) is 39.2 Å². The topological polar surface area (TPSA) is 35.6 Å². The van der Waals surface area contributed by atoms with Crippen LogP contribution in [0.25, 0.3) is 0 Å². The number of amides is 1. The fraction of sp³-hybridized carbons (Fsp3) is 0.933. The highest BCUT2D eigenvalue weighted by molar-refractivity contribution is 5.81. The van der Waals surface area contributed by atoms with Gasteiger partial charge in [-0.3, -0.25) is 9.69 Å². The summed E-state index contributed by atoms with van der Waals surface area (Å²) in [6, 6.07) is 0.624. The van der Waals surface area contributed by atoms with Crippen molar-refractivity contribution in [3.8, 4) is 0 Å². The molecule has 0 aromatic carbocycles. The Kier molecular flexibility index (Phi) is 3.56. The lowest BCUT2D eigenvalue weighted by Crippen LogP contribution is -2.60. The number of hydrogen-bond donors (Lipinski definition) is 1. The molecular weight excluding hydrogens is 238 g/mol. The summed E-state index contributed by atoms with van der Waals surface area (Å²) >= 11 is 0. The molecule has 4 nitrogen and oxygen atoms in total. The van der Waals surface area contributed by atoms with Crippen molar-refractivity contribution in [3.63, 3.8) is 0 Å². The molecule has 1 atom stereocenters. The Morgan fingerprint density at radius 3 is 2.42 bits per heavy atom. The molecule has 19 heavy (non-hydrogen) atoms. The summed E-state index contributed by atoms with van der Waals surface area (Å²) in [6.45, 7) is 11.0. The molecular formula is C15H27N3O. The minimum absolute atomic E-state index is 0.374. The van der Waals surface area contributed by atoms with Gasteiger partial charge >= 0.3 is 0 Å². The van der Waals surface area contributed by atoms with Crippen molar-refractivity contribution >= 4 is 5.91 Å². The van der Waals surface area contributed by atoms with E-state index in [2.05, 4.69) is 29.0 Å². The zero-order chi connectivity index (χ0) is 13.5. The van der Waals surface area contributed by atoms with Crippen LogP contribution in [0.4, 0.5) is 0 Å². The normalized spacial score (nSPS) is 32.3. The van der Waals surface area contributed by atoms with E-state index in [4.69, 9.17) is 0 Å². The molecule has 2 aliphatic heterocycles. The van der Waals surface area contributed by atoms with Crippen molar-refractivity contribution < 1.29 is 4.79 Å². The third kappa shape index (κ3) is 2.79. The second kappa shape index (κ2) is 5.06. The summed E-state index contributed by atoms with van der Waals surface area (Å²) in [4.78, 5) is 16.8. The molecule has 3 fully saturated rings. The van der Waals surface area contributed by atoms with Gasteiger partial charge in [-0.1, -0.05) is 13.8 Å². The van der Waals surface area contributed by atoms with Crippen LogP contribution in [0.3, 0.4) is 0 Å². The molecule has 108 valence electrons. The quantitative estimate of drug-likeness (QED) is 0.807. The highest BCUT2D eigenvalue weighted by atomic mass is 16.2. The van der Waals surface area contributed by atoms with Crippen LogP contribution < -0.4 is 5.32 Å². The lowest BCUT2D eigenvalue weighted by molar-refractivity contribution is -0.135. The van der Waals surface area contributed by atoms with E-state index in [1.807, 2.05) is 0 Å². The van der Waals surface area contributed by atoms with Gasteiger partial charge in [0.2, 0.25) is 5.91 Å². The number of hydrogen-bond acceptors (Lipinski definition) is 3. The summed E-state index contributed by atoms with van der Waals surface area (Å²) in [5.41, 5.74) is 0.397. The summed E-state index contributed by atoms with van der Waals surface area (Å²) in [5.74, 6) is 0.792. The number of carbonyl (C=O) groups is 1. The Bertz CT molecular complexity index is 343. The van der Waals surface area contributed by atoms with Crippen molar-refractivity contribution in [2.24, 2.45) is 11.3 Å². The Morgan fingerprint density at radius 1 is 1.16 bits per heavy atom. The first-order valence-electron chi connectivity index (χ1n) is 7.81. The average molecular weight is 265 g/mol. The molecule has 0 aromatic heterocycles. The van der Waals surface area contributed by atoms with Gasteiger partial charge in [-0.2, -0.15) is 0 Å². The number of nitrogens with zero attached hydrogens (tertiary/aromatic N) is 2. The maximum atomic E-state index is 12.1. The molecule has 0 bridgehead atoms. The first-order valence-corrected chi connectivity index (χ1v) is 7.81. The molecule has 3 aliphatic rings. The Hall–Kier alpha value is -0.610. The molecule has 2 saturated heterocycles. The maximum Gasteiger partial charge on any atom is 0.225 e. The van der Waals surface area contributed by atoms with Crippen molar-refractivity contribution in [1.29, 1.82) is 0 Å². The third-order valence-corrected chi connectivity index (χ3v) is 5.18. The predicted molar refractivity (Wildman–Crippen MR) is 75.9 cm³/mol.